The van der Waals surface area contributed by atoms with E-state index in [0.29, 0.717) is 19.4 Å². The van der Waals surface area contributed by atoms with E-state index in [2.05, 4.69) is 19.1 Å². The number of unbranched alkanes of at least 4 members (excludes halogenated alkanes) is 1. The molecule has 0 N–H and O–H groups in total. The standard InChI is InChI=1S/C23H26N2O2/c1-2-21(27-23-12-8-20(9-13-23)15-17-25)5-3-4-18-26-22-10-6-19(7-11-22)14-16-24/h6-13,21H,2-5,14-15,18H2,1H3. The van der Waals surface area contributed by atoms with Crippen LogP contribution in [0, 0.1) is 22.7 Å². The van der Waals surface area contributed by atoms with Crippen molar-refractivity contribution < 1.29 is 9.47 Å². The number of nitriles is 2. The van der Waals surface area contributed by atoms with Crippen molar-refractivity contribution in [3.63, 3.8) is 0 Å². The second-order valence-corrected chi connectivity index (χ2v) is 6.45. The van der Waals surface area contributed by atoms with Crippen molar-refractivity contribution in [3.05, 3.63) is 59.7 Å². The van der Waals surface area contributed by atoms with Gasteiger partial charge in [-0.2, -0.15) is 10.5 Å². The first kappa shape index (κ1) is 20.3. The number of nitrogens with zero attached hydrogens (tertiary/aromatic N) is 2. The average molecular weight is 362 g/mol. The van der Waals surface area contributed by atoms with Gasteiger partial charge in [0, 0.05) is 0 Å². The molecule has 2 aromatic rings. The SMILES string of the molecule is CCC(CCCCOc1ccc(CC#N)cc1)Oc1ccc(CC#N)cc1. The van der Waals surface area contributed by atoms with Gasteiger partial charge in [-0.15, -0.1) is 0 Å². The molecular weight excluding hydrogens is 336 g/mol. The summed E-state index contributed by atoms with van der Waals surface area (Å²) in [5.41, 5.74) is 2.02. The summed E-state index contributed by atoms with van der Waals surface area (Å²) in [6.45, 7) is 2.81. The minimum absolute atomic E-state index is 0.192. The average Bonchev–Trinajstić information content (AvgIpc) is 2.70. The molecule has 0 aliphatic carbocycles. The van der Waals surface area contributed by atoms with Crippen LogP contribution in [0.3, 0.4) is 0 Å². The van der Waals surface area contributed by atoms with Crippen LogP contribution in [-0.2, 0) is 12.8 Å². The maximum Gasteiger partial charge on any atom is 0.119 e. The van der Waals surface area contributed by atoms with Gasteiger partial charge in [0.1, 0.15) is 11.5 Å². The number of hydrogen-bond acceptors (Lipinski definition) is 4. The lowest BCUT2D eigenvalue weighted by molar-refractivity contribution is 0.179. The van der Waals surface area contributed by atoms with Crippen LogP contribution >= 0.6 is 0 Å². The number of ether oxygens (including phenoxy) is 2. The monoisotopic (exact) mass is 362 g/mol. The second kappa shape index (κ2) is 11.6. The van der Waals surface area contributed by atoms with Crippen molar-refractivity contribution >= 4 is 0 Å². The lowest BCUT2D eigenvalue weighted by Gasteiger charge is -2.18. The van der Waals surface area contributed by atoms with Crippen molar-refractivity contribution in [2.24, 2.45) is 0 Å². The highest BCUT2D eigenvalue weighted by Crippen LogP contribution is 2.18. The summed E-state index contributed by atoms with van der Waals surface area (Å²) in [5, 5.41) is 17.4. The molecule has 0 bridgehead atoms. The predicted octanol–water partition coefficient (Wildman–Crippen LogP) is 5.23. The number of benzene rings is 2. The Morgan fingerprint density at radius 3 is 1.89 bits per heavy atom. The molecule has 140 valence electrons. The zero-order valence-corrected chi connectivity index (χ0v) is 15.9. The fraction of sp³-hybridized carbons (Fsp3) is 0.391. The van der Waals surface area contributed by atoms with Crippen LogP contribution < -0.4 is 9.47 Å². The molecular formula is C23H26N2O2. The summed E-state index contributed by atoms with van der Waals surface area (Å²) in [7, 11) is 0. The van der Waals surface area contributed by atoms with Crippen LogP contribution in [0.2, 0.25) is 0 Å². The third-order valence-electron chi connectivity index (χ3n) is 4.36. The Labute approximate surface area is 162 Å². The van der Waals surface area contributed by atoms with Gasteiger partial charge >= 0.3 is 0 Å². The molecule has 0 saturated carbocycles. The predicted molar refractivity (Wildman–Crippen MR) is 106 cm³/mol. The van der Waals surface area contributed by atoms with Crippen LogP contribution in [0.15, 0.2) is 48.5 Å². The van der Waals surface area contributed by atoms with E-state index in [1.807, 2.05) is 48.5 Å². The summed E-state index contributed by atoms with van der Waals surface area (Å²) in [6, 6.07) is 19.8. The van der Waals surface area contributed by atoms with E-state index in [0.717, 1.165) is 48.3 Å². The van der Waals surface area contributed by atoms with Crippen molar-refractivity contribution in [2.75, 3.05) is 6.61 Å². The third-order valence-corrected chi connectivity index (χ3v) is 4.36. The van der Waals surface area contributed by atoms with Crippen molar-refractivity contribution in [2.45, 2.75) is 51.6 Å². The second-order valence-electron chi connectivity index (χ2n) is 6.45. The van der Waals surface area contributed by atoms with Gasteiger partial charge in [-0.3, -0.25) is 0 Å². The summed E-state index contributed by atoms with van der Waals surface area (Å²) < 4.78 is 11.8. The quantitative estimate of drug-likeness (QED) is 0.514. The van der Waals surface area contributed by atoms with Crippen LogP contribution in [0.4, 0.5) is 0 Å². The Morgan fingerprint density at radius 1 is 0.815 bits per heavy atom. The fourth-order valence-corrected chi connectivity index (χ4v) is 2.77. The normalized spacial score (nSPS) is 11.2. The van der Waals surface area contributed by atoms with Crippen LogP contribution in [0.25, 0.3) is 0 Å². The molecule has 0 heterocycles. The molecule has 0 amide bonds. The van der Waals surface area contributed by atoms with E-state index in [-0.39, 0.29) is 6.10 Å². The molecule has 0 spiro atoms. The fourth-order valence-electron chi connectivity index (χ4n) is 2.77. The van der Waals surface area contributed by atoms with Gasteiger partial charge < -0.3 is 9.47 Å². The Morgan fingerprint density at radius 2 is 1.37 bits per heavy atom. The first-order valence-corrected chi connectivity index (χ1v) is 9.46. The molecule has 1 unspecified atom stereocenters. The van der Waals surface area contributed by atoms with Crippen LogP contribution in [0.5, 0.6) is 11.5 Å². The highest BCUT2D eigenvalue weighted by Gasteiger charge is 2.08. The lowest BCUT2D eigenvalue weighted by atomic mass is 10.1. The molecule has 0 radical (unpaired) electrons. The maximum atomic E-state index is 8.72. The van der Waals surface area contributed by atoms with Gasteiger partial charge in [-0.1, -0.05) is 31.2 Å². The van der Waals surface area contributed by atoms with Crippen molar-refractivity contribution in [3.8, 4) is 23.6 Å². The Hall–Kier alpha value is -2.98. The summed E-state index contributed by atoms with van der Waals surface area (Å²) in [5.74, 6) is 1.70. The summed E-state index contributed by atoms with van der Waals surface area (Å²) in [4.78, 5) is 0. The van der Waals surface area contributed by atoms with Crippen LogP contribution in [0.1, 0.15) is 43.7 Å². The Bertz CT molecular complexity index is 755. The molecule has 27 heavy (non-hydrogen) atoms. The lowest BCUT2D eigenvalue weighted by Crippen LogP contribution is -2.15. The minimum Gasteiger partial charge on any atom is -0.494 e. The molecule has 0 fully saturated rings. The summed E-state index contributed by atoms with van der Waals surface area (Å²) in [6.07, 6.45) is 5.01. The smallest absolute Gasteiger partial charge is 0.119 e. The molecule has 0 aliphatic heterocycles. The molecule has 0 saturated heterocycles. The zero-order valence-electron chi connectivity index (χ0n) is 15.9. The molecule has 4 nitrogen and oxygen atoms in total. The molecule has 0 aromatic heterocycles. The van der Waals surface area contributed by atoms with Crippen molar-refractivity contribution in [1.29, 1.82) is 10.5 Å². The van der Waals surface area contributed by atoms with E-state index in [1.165, 1.54) is 0 Å². The Balaban J connectivity index is 1.67. The highest BCUT2D eigenvalue weighted by molar-refractivity contribution is 5.29. The molecule has 0 aliphatic rings. The highest BCUT2D eigenvalue weighted by atomic mass is 16.5. The number of rotatable bonds is 11. The maximum absolute atomic E-state index is 8.72. The van der Waals surface area contributed by atoms with Crippen LogP contribution in [-0.4, -0.2) is 12.7 Å². The molecule has 1 atom stereocenters. The molecule has 4 heteroatoms. The van der Waals surface area contributed by atoms with E-state index >= 15 is 0 Å². The largest absolute Gasteiger partial charge is 0.494 e. The van der Waals surface area contributed by atoms with E-state index in [1.54, 1.807) is 0 Å². The molecule has 2 rings (SSSR count). The summed E-state index contributed by atoms with van der Waals surface area (Å²) >= 11 is 0. The van der Waals surface area contributed by atoms with Gasteiger partial charge in [-0.05, 0) is 61.1 Å². The number of hydrogen-bond donors (Lipinski definition) is 0. The Kier molecular flexibility index (Phi) is 8.74. The van der Waals surface area contributed by atoms with Crippen molar-refractivity contribution in [1.82, 2.24) is 0 Å². The van der Waals surface area contributed by atoms with Gasteiger partial charge in [0.15, 0.2) is 0 Å². The third kappa shape index (κ3) is 7.42. The van der Waals surface area contributed by atoms with Gasteiger partial charge in [0.2, 0.25) is 0 Å². The van der Waals surface area contributed by atoms with E-state index < -0.39 is 0 Å². The van der Waals surface area contributed by atoms with Gasteiger partial charge in [0.25, 0.3) is 0 Å². The minimum atomic E-state index is 0.192. The first-order valence-electron chi connectivity index (χ1n) is 9.46. The van der Waals surface area contributed by atoms with Gasteiger partial charge in [0.05, 0.1) is 37.7 Å². The molecule has 2 aromatic carbocycles. The van der Waals surface area contributed by atoms with Gasteiger partial charge in [-0.25, -0.2) is 0 Å². The zero-order chi connectivity index (χ0) is 19.3. The van der Waals surface area contributed by atoms with E-state index in [9.17, 15) is 0 Å². The van der Waals surface area contributed by atoms with E-state index in [4.69, 9.17) is 20.0 Å². The topological polar surface area (TPSA) is 66.0 Å². The first-order chi connectivity index (χ1) is 13.2.